The Balaban J connectivity index is 0.000000270. The van der Waals surface area contributed by atoms with Crippen LogP contribution in [0.5, 0.6) is 0 Å². The van der Waals surface area contributed by atoms with Gasteiger partial charge in [-0.2, -0.15) is 0 Å². The zero-order valence-electron chi connectivity index (χ0n) is 28.6. The fourth-order valence-electron chi connectivity index (χ4n) is 5.84. The number of hydrogen-bond acceptors (Lipinski definition) is 4. The molecule has 7 heteroatoms. The fraction of sp³-hybridized carbons (Fsp3) is 0.167. The number of para-hydroxylation sites is 1. The largest absolute Gasteiger partial charge is 0.305 e. The molecule has 0 N–H and O–H groups in total. The van der Waals surface area contributed by atoms with Gasteiger partial charge in [0.1, 0.15) is 0 Å². The van der Waals surface area contributed by atoms with Crippen molar-refractivity contribution >= 4 is 50.8 Å². The number of pyridine rings is 2. The van der Waals surface area contributed by atoms with E-state index >= 15 is 0 Å². The van der Waals surface area contributed by atoms with Crippen LogP contribution in [0.1, 0.15) is 26.5 Å². The van der Waals surface area contributed by atoms with Gasteiger partial charge >= 0.3 is 194 Å². The Morgan fingerprint density at radius 1 is 0.735 bits per heavy atom. The van der Waals surface area contributed by atoms with Crippen molar-refractivity contribution in [1.29, 1.82) is 0 Å². The number of nitrogens with zero attached hydrogens (tertiary/aromatic N) is 4. The van der Waals surface area contributed by atoms with Crippen LogP contribution in [-0.2, 0) is 25.5 Å². The third kappa shape index (κ3) is 7.05. The monoisotopic (exact) mass is 881 g/mol. The molecule has 4 aromatic heterocycles. The second-order valence-electron chi connectivity index (χ2n) is 14.0. The van der Waals surface area contributed by atoms with E-state index in [0.29, 0.717) is 0 Å². The van der Waals surface area contributed by atoms with Crippen molar-refractivity contribution < 1.29 is 24.5 Å². The molecule has 0 fully saturated rings. The van der Waals surface area contributed by atoms with E-state index in [9.17, 15) is 0 Å². The van der Waals surface area contributed by atoms with Gasteiger partial charge in [0.15, 0.2) is 0 Å². The van der Waals surface area contributed by atoms with Gasteiger partial charge in [0.2, 0.25) is 0 Å². The van der Waals surface area contributed by atoms with E-state index in [0.717, 1.165) is 67.1 Å². The first-order valence-corrected chi connectivity index (χ1v) is 23.6. The quantitative estimate of drug-likeness (QED) is 0.131. The van der Waals surface area contributed by atoms with Crippen LogP contribution in [0.3, 0.4) is 0 Å². The maximum atomic E-state index is 6.56. The van der Waals surface area contributed by atoms with Crippen LogP contribution in [0, 0.1) is 12.1 Å². The van der Waals surface area contributed by atoms with Crippen LogP contribution in [0.2, 0.25) is 17.3 Å². The SMILES string of the molecule is CC(C)(C)c1ccc2c(n1)nc(-c1[c-]ccc3c1oc1c[c]([Ge]([CH3])([CH3])[CH3])ccc13)n2-c1ccccc1.[Ir].[c-]1ccccc1-c1ccccn1. The number of rotatable bonds is 4. The molecule has 0 saturated heterocycles. The second kappa shape index (κ2) is 13.9. The molecule has 1 radical (unpaired) electrons. The summed E-state index contributed by atoms with van der Waals surface area (Å²) >= 11 is -1.99. The van der Waals surface area contributed by atoms with E-state index in [1.807, 2.05) is 66.7 Å². The summed E-state index contributed by atoms with van der Waals surface area (Å²) < 4.78 is 10.2. The molecule has 4 heterocycles. The Morgan fingerprint density at radius 2 is 1.51 bits per heavy atom. The smallest absolute Gasteiger partial charge is 0.0160 e. The molecular formula is C42H38GeIrN4O-2. The Labute approximate surface area is 304 Å². The normalized spacial score (nSPS) is 11.7. The van der Waals surface area contributed by atoms with Crippen LogP contribution in [0.15, 0.2) is 126 Å². The molecule has 4 aromatic carbocycles. The first-order chi connectivity index (χ1) is 23.1. The summed E-state index contributed by atoms with van der Waals surface area (Å²) in [4.78, 5) is 14.3. The molecule has 0 spiro atoms. The minimum absolute atomic E-state index is 0. The van der Waals surface area contributed by atoms with E-state index in [1.165, 1.54) is 4.40 Å². The molecule has 0 atom stereocenters. The molecule has 49 heavy (non-hydrogen) atoms. The van der Waals surface area contributed by atoms with Crippen LogP contribution < -0.4 is 4.40 Å². The maximum absolute atomic E-state index is 6.56. The van der Waals surface area contributed by atoms with Crippen molar-refractivity contribution in [3.63, 3.8) is 0 Å². The van der Waals surface area contributed by atoms with E-state index < -0.39 is 13.3 Å². The molecule has 0 bridgehead atoms. The van der Waals surface area contributed by atoms with Gasteiger partial charge in [-0.1, -0.05) is 32.9 Å². The van der Waals surface area contributed by atoms with Crippen LogP contribution >= 0.6 is 0 Å². The number of imidazole rings is 1. The predicted molar refractivity (Wildman–Crippen MR) is 201 cm³/mol. The third-order valence-electron chi connectivity index (χ3n) is 8.47. The zero-order chi connectivity index (χ0) is 33.5. The van der Waals surface area contributed by atoms with E-state index in [2.05, 4.69) is 108 Å². The van der Waals surface area contributed by atoms with Crippen LogP contribution in [-0.4, -0.2) is 32.8 Å². The van der Waals surface area contributed by atoms with Gasteiger partial charge in [-0.05, 0) is 11.8 Å². The molecule has 0 saturated carbocycles. The number of hydrogen-bond donors (Lipinski definition) is 0. The van der Waals surface area contributed by atoms with E-state index in [4.69, 9.17) is 14.4 Å². The van der Waals surface area contributed by atoms with Crippen molar-refractivity contribution in [3.8, 4) is 28.3 Å². The predicted octanol–water partition coefficient (Wildman–Crippen LogP) is 10.2. The third-order valence-corrected chi connectivity index (χ3v) is 12.8. The molecule has 0 aliphatic heterocycles. The zero-order valence-corrected chi connectivity index (χ0v) is 33.1. The summed E-state index contributed by atoms with van der Waals surface area (Å²) in [6.45, 7) is 6.53. The van der Waals surface area contributed by atoms with Gasteiger partial charge in [0, 0.05) is 26.3 Å². The van der Waals surface area contributed by atoms with Crippen molar-refractivity contribution in [2.45, 2.75) is 43.5 Å². The van der Waals surface area contributed by atoms with Gasteiger partial charge in [-0.3, -0.25) is 0 Å². The minimum atomic E-state index is -1.99. The van der Waals surface area contributed by atoms with E-state index in [-0.39, 0.29) is 25.5 Å². The fourth-order valence-corrected chi connectivity index (χ4v) is 8.24. The molecule has 0 aliphatic carbocycles. The van der Waals surface area contributed by atoms with Crippen molar-refractivity contribution in [3.05, 3.63) is 139 Å². The van der Waals surface area contributed by atoms with Crippen LogP contribution in [0.25, 0.3) is 61.4 Å². The summed E-state index contributed by atoms with van der Waals surface area (Å²) in [6, 6.07) is 45.7. The average molecular weight is 880 g/mol. The topological polar surface area (TPSA) is 56.7 Å². The van der Waals surface area contributed by atoms with Gasteiger partial charge in [-0.25, -0.2) is 0 Å². The molecule has 8 aromatic rings. The van der Waals surface area contributed by atoms with Crippen LogP contribution in [0.4, 0.5) is 0 Å². The second-order valence-corrected chi connectivity index (χ2v) is 24.7. The Kier molecular flexibility index (Phi) is 9.77. The minimum Gasteiger partial charge on any atom is -0.305 e. The summed E-state index contributed by atoms with van der Waals surface area (Å²) in [5, 5.41) is 2.22. The summed E-state index contributed by atoms with van der Waals surface area (Å²) in [7, 11) is 0. The Hall–Kier alpha value is -4.36. The molecule has 0 unspecified atom stereocenters. The molecule has 247 valence electrons. The van der Waals surface area contributed by atoms with Gasteiger partial charge in [0.25, 0.3) is 0 Å². The number of fused-ring (bicyclic) bond motifs is 4. The molecule has 5 nitrogen and oxygen atoms in total. The van der Waals surface area contributed by atoms with E-state index in [1.54, 1.807) is 6.20 Å². The maximum Gasteiger partial charge on any atom is 0.0160 e. The summed E-state index contributed by atoms with van der Waals surface area (Å²) in [5.41, 5.74) is 8.28. The standard InChI is InChI=1S/C31H30GeN3O.C11H8N.Ir/c1-31(2,3)27-18-17-25-29(33-27)34-30(35(25)21-11-8-7-9-12-21)24-14-10-13-23-22-16-15-20(32(4,5)6)19-26(22)36-28(23)24;1-2-6-10(7-3-1)11-8-4-5-9-12-11;/h7-13,15-19H,1-6H3;1-6,8-9H;/q2*-1;. The average Bonchev–Trinajstić information content (AvgIpc) is 3.67. The number of aromatic nitrogens is 4. The van der Waals surface area contributed by atoms with Gasteiger partial charge in [-0.15, -0.1) is 35.9 Å². The summed E-state index contributed by atoms with van der Waals surface area (Å²) in [6.07, 6.45) is 1.79. The number of furan rings is 1. The Bertz CT molecular complexity index is 2320. The van der Waals surface area contributed by atoms with Gasteiger partial charge in [0.05, 0.1) is 0 Å². The molecular weight excluding hydrogens is 841 g/mol. The van der Waals surface area contributed by atoms with Gasteiger partial charge < -0.3 is 4.98 Å². The first-order valence-electron chi connectivity index (χ1n) is 16.3. The first kappa shape index (κ1) is 34.5. The molecule has 8 rings (SSSR count). The summed E-state index contributed by atoms with van der Waals surface area (Å²) in [5.74, 6) is 8.01. The Morgan fingerprint density at radius 3 is 2.20 bits per heavy atom. The molecule has 0 aliphatic rings. The van der Waals surface area contributed by atoms with Crippen molar-refractivity contribution in [2.24, 2.45) is 0 Å². The molecule has 0 amide bonds. The number of benzene rings is 4. The van der Waals surface area contributed by atoms with Crippen molar-refractivity contribution in [1.82, 2.24) is 19.5 Å². The van der Waals surface area contributed by atoms with Crippen molar-refractivity contribution in [2.75, 3.05) is 0 Å².